The van der Waals surface area contributed by atoms with Gasteiger partial charge in [-0.3, -0.25) is 9.78 Å². The number of carbonyl (C=O) groups excluding carboxylic acids is 1. The normalized spacial score (nSPS) is 14.0. The molecule has 0 unspecified atom stereocenters. The van der Waals surface area contributed by atoms with Crippen LogP contribution in [0, 0.1) is 0 Å². The molecule has 1 fully saturated rings. The van der Waals surface area contributed by atoms with Gasteiger partial charge in [0.15, 0.2) is 0 Å². The lowest BCUT2D eigenvalue weighted by molar-refractivity contribution is 0.0951. The maximum absolute atomic E-state index is 12.3. The van der Waals surface area contributed by atoms with Gasteiger partial charge in [-0.1, -0.05) is 29.8 Å². The van der Waals surface area contributed by atoms with Gasteiger partial charge in [-0.15, -0.1) is 0 Å². The van der Waals surface area contributed by atoms with Crippen molar-refractivity contribution in [2.75, 3.05) is 0 Å². The van der Waals surface area contributed by atoms with Crippen LogP contribution in [-0.2, 0) is 0 Å². The summed E-state index contributed by atoms with van der Waals surface area (Å²) in [6.45, 7) is 0. The van der Waals surface area contributed by atoms with E-state index in [1.165, 1.54) is 0 Å². The molecule has 0 radical (unpaired) electrons. The maximum atomic E-state index is 12.3. The minimum Gasteiger partial charge on any atom is -0.349 e. The Hall–Kier alpha value is -2.39. The average Bonchev–Trinajstić information content (AvgIpc) is 3.38. The number of fused-ring (bicyclic) bond motifs is 1. The van der Waals surface area contributed by atoms with Gasteiger partial charge in [-0.2, -0.15) is 0 Å². The van der Waals surface area contributed by atoms with E-state index >= 15 is 0 Å². The molecule has 2 aromatic carbocycles. The van der Waals surface area contributed by atoms with Crippen molar-refractivity contribution < 1.29 is 4.79 Å². The molecule has 4 heteroatoms. The first-order valence-corrected chi connectivity index (χ1v) is 8.03. The quantitative estimate of drug-likeness (QED) is 0.774. The average molecular weight is 323 g/mol. The highest BCUT2D eigenvalue weighted by atomic mass is 35.5. The molecule has 1 amide bonds. The molecule has 0 saturated heterocycles. The third-order valence-corrected chi connectivity index (χ3v) is 4.34. The molecule has 0 atom stereocenters. The number of amides is 1. The summed E-state index contributed by atoms with van der Waals surface area (Å²) in [6.07, 6.45) is 5.81. The van der Waals surface area contributed by atoms with E-state index in [0.29, 0.717) is 16.6 Å². The number of pyridine rings is 1. The Balaban J connectivity index is 1.80. The van der Waals surface area contributed by atoms with Crippen molar-refractivity contribution in [1.82, 2.24) is 10.3 Å². The number of halogens is 1. The van der Waals surface area contributed by atoms with E-state index in [1.54, 1.807) is 0 Å². The Morgan fingerprint density at radius 2 is 1.87 bits per heavy atom. The van der Waals surface area contributed by atoms with Crippen LogP contribution >= 0.6 is 11.6 Å². The van der Waals surface area contributed by atoms with Gasteiger partial charge >= 0.3 is 0 Å². The Bertz CT molecular complexity index is 886. The van der Waals surface area contributed by atoms with E-state index in [4.69, 9.17) is 11.6 Å². The van der Waals surface area contributed by atoms with Crippen LogP contribution in [-0.4, -0.2) is 16.9 Å². The first kappa shape index (κ1) is 14.2. The van der Waals surface area contributed by atoms with Crippen molar-refractivity contribution in [3.63, 3.8) is 0 Å². The second kappa shape index (κ2) is 5.67. The van der Waals surface area contributed by atoms with E-state index in [-0.39, 0.29) is 5.91 Å². The Morgan fingerprint density at radius 3 is 2.61 bits per heavy atom. The van der Waals surface area contributed by atoms with E-state index < -0.39 is 0 Å². The zero-order valence-corrected chi connectivity index (χ0v) is 13.2. The molecule has 3 aromatic rings. The fourth-order valence-electron chi connectivity index (χ4n) is 2.66. The van der Waals surface area contributed by atoms with E-state index in [2.05, 4.69) is 10.3 Å². The summed E-state index contributed by atoms with van der Waals surface area (Å²) in [4.78, 5) is 16.6. The second-order valence-corrected chi connectivity index (χ2v) is 6.31. The highest BCUT2D eigenvalue weighted by Crippen LogP contribution is 2.29. The zero-order chi connectivity index (χ0) is 15.8. The summed E-state index contributed by atoms with van der Waals surface area (Å²) in [6, 6.07) is 13.8. The van der Waals surface area contributed by atoms with Crippen molar-refractivity contribution in [3.8, 4) is 11.1 Å². The van der Waals surface area contributed by atoms with Gasteiger partial charge in [0.05, 0.1) is 0 Å². The van der Waals surface area contributed by atoms with Crippen LogP contribution in [0.1, 0.15) is 23.2 Å². The molecule has 1 heterocycles. The molecule has 0 bridgehead atoms. The lowest BCUT2D eigenvalue weighted by Gasteiger charge is -2.09. The lowest BCUT2D eigenvalue weighted by atomic mass is 9.99. The van der Waals surface area contributed by atoms with E-state index in [9.17, 15) is 4.79 Å². The smallest absolute Gasteiger partial charge is 0.251 e. The lowest BCUT2D eigenvalue weighted by Crippen LogP contribution is -2.25. The van der Waals surface area contributed by atoms with Gasteiger partial charge in [0.1, 0.15) is 0 Å². The van der Waals surface area contributed by atoms with E-state index in [0.717, 1.165) is 34.7 Å². The van der Waals surface area contributed by atoms with E-state index in [1.807, 2.05) is 54.9 Å². The van der Waals surface area contributed by atoms with Crippen LogP contribution in [0.4, 0.5) is 0 Å². The van der Waals surface area contributed by atoms with Gasteiger partial charge in [0, 0.05) is 40.0 Å². The first-order valence-electron chi connectivity index (χ1n) is 7.65. The summed E-state index contributed by atoms with van der Waals surface area (Å²) in [5.41, 5.74) is 2.72. The number of benzene rings is 2. The molecule has 1 saturated carbocycles. The second-order valence-electron chi connectivity index (χ2n) is 5.88. The number of nitrogens with zero attached hydrogens (tertiary/aromatic N) is 1. The molecule has 1 aliphatic rings. The van der Waals surface area contributed by atoms with Crippen molar-refractivity contribution in [2.45, 2.75) is 18.9 Å². The van der Waals surface area contributed by atoms with Gasteiger partial charge < -0.3 is 5.32 Å². The van der Waals surface area contributed by atoms with Crippen molar-refractivity contribution in [1.29, 1.82) is 0 Å². The first-order chi connectivity index (χ1) is 11.2. The van der Waals surface area contributed by atoms with Gasteiger partial charge in [0.2, 0.25) is 0 Å². The van der Waals surface area contributed by atoms with Crippen LogP contribution in [0.15, 0.2) is 54.9 Å². The molecule has 114 valence electrons. The largest absolute Gasteiger partial charge is 0.349 e. The fourth-order valence-corrected chi connectivity index (χ4v) is 2.79. The number of hydrogen-bond acceptors (Lipinski definition) is 2. The van der Waals surface area contributed by atoms with Gasteiger partial charge in [0.25, 0.3) is 5.91 Å². The number of nitrogens with one attached hydrogen (secondary N) is 1. The van der Waals surface area contributed by atoms with Crippen LogP contribution in [0.3, 0.4) is 0 Å². The minimum atomic E-state index is -0.00623. The van der Waals surface area contributed by atoms with Crippen LogP contribution in [0.2, 0.25) is 5.02 Å². The molecule has 0 aliphatic heterocycles. The minimum absolute atomic E-state index is 0.00623. The SMILES string of the molecule is O=C(NC1CC1)c1ccc2cncc(-c3ccc(Cl)cc3)c2c1. The summed E-state index contributed by atoms with van der Waals surface area (Å²) in [5, 5.41) is 5.76. The zero-order valence-electron chi connectivity index (χ0n) is 12.4. The van der Waals surface area contributed by atoms with Crippen LogP contribution in [0.5, 0.6) is 0 Å². The third-order valence-electron chi connectivity index (χ3n) is 4.09. The fraction of sp³-hybridized carbons (Fsp3) is 0.158. The topological polar surface area (TPSA) is 42.0 Å². The molecule has 1 aromatic heterocycles. The van der Waals surface area contributed by atoms with Crippen LogP contribution < -0.4 is 5.32 Å². The number of carbonyl (C=O) groups is 1. The Morgan fingerprint density at radius 1 is 1.09 bits per heavy atom. The molecule has 1 N–H and O–H groups in total. The molecule has 1 aliphatic carbocycles. The summed E-state index contributed by atoms with van der Waals surface area (Å²) in [7, 11) is 0. The van der Waals surface area contributed by atoms with Crippen LogP contribution in [0.25, 0.3) is 21.9 Å². The highest BCUT2D eigenvalue weighted by Gasteiger charge is 2.23. The van der Waals surface area contributed by atoms with Crippen molar-refractivity contribution in [2.24, 2.45) is 0 Å². The molecular weight excluding hydrogens is 308 g/mol. The Labute approximate surface area is 139 Å². The van der Waals surface area contributed by atoms with Gasteiger partial charge in [-0.25, -0.2) is 0 Å². The predicted molar refractivity (Wildman–Crippen MR) is 92.7 cm³/mol. The Kier molecular flexibility index (Phi) is 3.50. The monoisotopic (exact) mass is 322 g/mol. The molecule has 3 nitrogen and oxygen atoms in total. The standard InChI is InChI=1S/C19H15ClN2O/c20-15-5-3-12(4-6-15)18-11-21-10-14-2-1-13(9-17(14)18)19(23)22-16-7-8-16/h1-6,9-11,16H,7-8H2,(H,22,23). The number of aromatic nitrogens is 1. The third kappa shape index (κ3) is 2.92. The number of hydrogen-bond donors (Lipinski definition) is 1. The predicted octanol–water partition coefficient (Wildman–Crippen LogP) is 4.45. The van der Waals surface area contributed by atoms with Crippen molar-refractivity contribution >= 4 is 28.3 Å². The molecule has 4 rings (SSSR count). The molecule has 0 spiro atoms. The molecular formula is C19H15ClN2O. The summed E-state index contributed by atoms with van der Waals surface area (Å²) in [5.74, 6) is -0.00623. The van der Waals surface area contributed by atoms with Crippen molar-refractivity contribution in [3.05, 3.63) is 65.4 Å². The highest BCUT2D eigenvalue weighted by molar-refractivity contribution is 6.30. The molecule has 23 heavy (non-hydrogen) atoms. The number of rotatable bonds is 3. The summed E-state index contributed by atoms with van der Waals surface area (Å²) < 4.78 is 0. The maximum Gasteiger partial charge on any atom is 0.251 e. The summed E-state index contributed by atoms with van der Waals surface area (Å²) >= 11 is 5.97. The van der Waals surface area contributed by atoms with Gasteiger partial charge in [-0.05, 0) is 48.1 Å².